The lowest BCUT2D eigenvalue weighted by molar-refractivity contribution is -0.138. The average molecular weight is 265 g/mol. The van der Waals surface area contributed by atoms with Crippen molar-refractivity contribution in [1.29, 1.82) is 0 Å². The van der Waals surface area contributed by atoms with Crippen LogP contribution in [0.2, 0.25) is 0 Å². The average Bonchev–Trinajstić information content (AvgIpc) is 2.42. The zero-order chi connectivity index (χ0) is 14.8. The van der Waals surface area contributed by atoms with Gasteiger partial charge in [-0.2, -0.15) is 0 Å². The van der Waals surface area contributed by atoms with Crippen LogP contribution >= 0.6 is 0 Å². The van der Waals surface area contributed by atoms with E-state index < -0.39 is 12.0 Å². The molecule has 0 fully saturated rings. The highest BCUT2D eigenvalue weighted by Gasteiger charge is 2.12. The molecule has 0 spiro atoms. The van der Waals surface area contributed by atoms with E-state index in [4.69, 9.17) is 15.6 Å². The van der Waals surface area contributed by atoms with Crippen molar-refractivity contribution in [3.63, 3.8) is 0 Å². The summed E-state index contributed by atoms with van der Waals surface area (Å²) in [6.45, 7) is 3.96. The summed E-state index contributed by atoms with van der Waals surface area (Å²) < 4.78 is 0. The van der Waals surface area contributed by atoms with E-state index in [1.54, 1.807) is 24.3 Å². The predicted molar refractivity (Wildman–Crippen MR) is 72.1 cm³/mol. The van der Waals surface area contributed by atoms with E-state index in [2.05, 4.69) is 0 Å². The minimum absolute atomic E-state index is 0.113. The second kappa shape index (κ2) is 8.99. The van der Waals surface area contributed by atoms with Gasteiger partial charge in [0.1, 0.15) is 12.8 Å². The molecule has 19 heavy (non-hydrogen) atoms. The standard InChI is InChI=1S/C13H17NO3.CH2O/c1-2-3-12(15)10-6-4-9(5-7-10)8-11(14)13(16)17;1-2/h4-7,11H,2-3,8,14H2,1H3,(H,16,17);1H2. The summed E-state index contributed by atoms with van der Waals surface area (Å²) >= 11 is 0. The summed E-state index contributed by atoms with van der Waals surface area (Å²) in [6.07, 6.45) is 1.63. The fraction of sp³-hybridized carbons (Fsp3) is 0.357. The van der Waals surface area contributed by atoms with Crippen molar-refractivity contribution in [1.82, 2.24) is 0 Å². The number of carbonyl (C=O) groups excluding carboxylic acids is 2. The summed E-state index contributed by atoms with van der Waals surface area (Å²) in [4.78, 5) is 30.2. The van der Waals surface area contributed by atoms with Crippen LogP contribution in [0.5, 0.6) is 0 Å². The number of rotatable bonds is 6. The van der Waals surface area contributed by atoms with Gasteiger partial charge in [-0.3, -0.25) is 9.59 Å². The molecule has 5 heteroatoms. The normalized spacial score (nSPS) is 11.1. The third kappa shape index (κ3) is 5.92. The van der Waals surface area contributed by atoms with E-state index in [0.29, 0.717) is 12.0 Å². The van der Waals surface area contributed by atoms with Crippen LogP contribution in [-0.2, 0) is 16.0 Å². The van der Waals surface area contributed by atoms with Gasteiger partial charge < -0.3 is 15.6 Å². The Kier molecular flexibility index (Phi) is 8.04. The smallest absolute Gasteiger partial charge is 0.320 e. The monoisotopic (exact) mass is 265 g/mol. The van der Waals surface area contributed by atoms with E-state index in [-0.39, 0.29) is 12.2 Å². The zero-order valence-corrected chi connectivity index (χ0v) is 11.0. The molecule has 1 aromatic carbocycles. The van der Waals surface area contributed by atoms with Crippen LogP contribution in [0.4, 0.5) is 0 Å². The number of hydrogen-bond donors (Lipinski definition) is 2. The second-order valence-electron chi connectivity index (χ2n) is 4.02. The minimum atomic E-state index is -1.02. The summed E-state index contributed by atoms with van der Waals surface area (Å²) in [5, 5.41) is 8.68. The summed E-state index contributed by atoms with van der Waals surface area (Å²) in [7, 11) is 0. The Hall–Kier alpha value is -2.01. The fourth-order valence-corrected chi connectivity index (χ4v) is 1.54. The largest absolute Gasteiger partial charge is 0.480 e. The number of benzene rings is 1. The first-order valence-electron chi connectivity index (χ1n) is 5.94. The maximum atomic E-state index is 11.6. The molecule has 0 radical (unpaired) electrons. The molecule has 3 N–H and O–H groups in total. The van der Waals surface area contributed by atoms with Crippen LogP contribution < -0.4 is 5.73 Å². The lowest BCUT2D eigenvalue weighted by atomic mass is 10.0. The number of nitrogens with two attached hydrogens (primary N) is 1. The molecule has 0 aliphatic heterocycles. The molecular weight excluding hydrogens is 246 g/mol. The molecule has 0 aromatic heterocycles. The number of carbonyl (C=O) groups is 3. The highest BCUT2D eigenvalue weighted by Crippen LogP contribution is 2.09. The van der Waals surface area contributed by atoms with Gasteiger partial charge in [0, 0.05) is 12.0 Å². The summed E-state index contributed by atoms with van der Waals surface area (Å²) in [5.41, 5.74) is 6.92. The van der Waals surface area contributed by atoms with Crippen LogP contribution in [-0.4, -0.2) is 29.7 Å². The number of hydrogen-bond acceptors (Lipinski definition) is 4. The van der Waals surface area contributed by atoms with Crippen molar-refractivity contribution in [2.45, 2.75) is 32.2 Å². The molecule has 0 bridgehead atoms. The van der Waals surface area contributed by atoms with Gasteiger partial charge in [0.25, 0.3) is 0 Å². The maximum absolute atomic E-state index is 11.6. The Morgan fingerprint density at radius 1 is 1.26 bits per heavy atom. The fourth-order valence-electron chi connectivity index (χ4n) is 1.54. The molecule has 0 aliphatic rings. The zero-order valence-electron chi connectivity index (χ0n) is 11.0. The Balaban J connectivity index is 0.00000154. The van der Waals surface area contributed by atoms with Gasteiger partial charge in [0.05, 0.1) is 0 Å². The van der Waals surface area contributed by atoms with E-state index in [9.17, 15) is 9.59 Å². The number of aliphatic carboxylic acids is 1. The number of carboxylic acid groups (broad SMARTS) is 1. The number of carboxylic acids is 1. The van der Waals surface area contributed by atoms with Crippen molar-refractivity contribution in [3.8, 4) is 0 Å². The molecule has 1 aromatic rings. The molecule has 0 saturated carbocycles. The van der Waals surface area contributed by atoms with Gasteiger partial charge in [-0.15, -0.1) is 0 Å². The van der Waals surface area contributed by atoms with Crippen molar-refractivity contribution in [2.75, 3.05) is 0 Å². The van der Waals surface area contributed by atoms with Crippen molar-refractivity contribution >= 4 is 18.5 Å². The van der Waals surface area contributed by atoms with E-state index in [1.807, 2.05) is 13.7 Å². The Morgan fingerprint density at radius 3 is 2.21 bits per heavy atom. The van der Waals surface area contributed by atoms with Crippen molar-refractivity contribution < 1.29 is 19.5 Å². The number of Topliss-reactive ketones (excluding diaryl/α,β-unsaturated/α-hetero) is 1. The highest BCUT2D eigenvalue weighted by molar-refractivity contribution is 5.96. The van der Waals surface area contributed by atoms with E-state index >= 15 is 0 Å². The summed E-state index contributed by atoms with van der Waals surface area (Å²) in [5.74, 6) is -0.905. The molecular formula is C14H19NO4. The van der Waals surface area contributed by atoms with Gasteiger partial charge in [-0.05, 0) is 18.4 Å². The molecule has 0 aliphatic carbocycles. The Morgan fingerprint density at radius 2 is 1.79 bits per heavy atom. The van der Waals surface area contributed by atoms with Crippen LogP contribution in [0.1, 0.15) is 35.7 Å². The molecule has 1 rings (SSSR count). The Bertz CT molecular complexity index is 414. The van der Waals surface area contributed by atoms with Gasteiger partial charge in [0.15, 0.2) is 5.78 Å². The molecule has 1 atom stereocenters. The highest BCUT2D eigenvalue weighted by atomic mass is 16.4. The predicted octanol–water partition coefficient (Wildman–Crippen LogP) is 1.44. The van der Waals surface area contributed by atoms with Crippen LogP contribution in [0.15, 0.2) is 24.3 Å². The molecule has 104 valence electrons. The van der Waals surface area contributed by atoms with Crippen LogP contribution in [0.3, 0.4) is 0 Å². The first-order chi connectivity index (χ1) is 9.04. The van der Waals surface area contributed by atoms with Gasteiger partial charge in [0.2, 0.25) is 0 Å². The molecule has 0 amide bonds. The molecule has 1 unspecified atom stereocenters. The molecule has 0 heterocycles. The van der Waals surface area contributed by atoms with Gasteiger partial charge >= 0.3 is 5.97 Å². The van der Waals surface area contributed by atoms with Gasteiger partial charge in [-0.25, -0.2) is 0 Å². The maximum Gasteiger partial charge on any atom is 0.320 e. The molecule has 0 saturated heterocycles. The van der Waals surface area contributed by atoms with Crippen LogP contribution in [0, 0.1) is 0 Å². The number of ketones is 1. The quantitative estimate of drug-likeness (QED) is 0.758. The second-order valence-corrected chi connectivity index (χ2v) is 4.02. The summed E-state index contributed by atoms with van der Waals surface area (Å²) in [6, 6.07) is 6.06. The first kappa shape index (κ1) is 17.0. The third-order valence-electron chi connectivity index (χ3n) is 2.53. The molecule has 5 nitrogen and oxygen atoms in total. The van der Waals surface area contributed by atoms with Gasteiger partial charge in [-0.1, -0.05) is 31.2 Å². The third-order valence-corrected chi connectivity index (χ3v) is 2.53. The van der Waals surface area contributed by atoms with E-state index in [1.165, 1.54) is 0 Å². The first-order valence-corrected chi connectivity index (χ1v) is 5.94. The lowest BCUT2D eigenvalue weighted by Crippen LogP contribution is -2.32. The van der Waals surface area contributed by atoms with E-state index in [0.717, 1.165) is 12.0 Å². The lowest BCUT2D eigenvalue weighted by Gasteiger charge is -2.07. The van der Waals surface area contributed by atoms with Crippen LogP contribution in [0.25, 0.3) is 0 Å². The van der Waals surface area contributed by atoms with Crippen molar-refractivity contribution in [3.05, 3.63) is 35.4 Å². The SMILES string of the molecule is C=O.CCCC(=O)c1ccc(CC(N)C(=O)O)cc1. The van der Waals surface area contributed by atoms with Crippen molar-refractivity contribution in [2.24, 2.45) is 5.73 Å². The minimum Gasteiger partial charge on any atom is -0.480 e. The topological polar surface area (TPSA) is 97.5 Å². The Labute approximate surface area is 112 Å².